The van der Waals surface area contributed by atoms with E-state index >= 15 is 0 Å². The van der Waals surface area contributed by atoms with Crippen LogP contribution in [0.15, 0.2) is 53.4 Å². The molecule has 0 bridgehead atoms. The molecule has 1 aromatic heterocycles. The predicted molar refractivity (Wildman–Crippen MR) is 114 cm³/mol. The van der Waals surface area contributed by atoms with Gasteiger partial charge in [-0.25, -0.2) is 12.8 Å². The largest absolute Gasteiger partial charge is 0.375 e. The number of nitrogens with one attached hydrogen (secondary N) is 2. The highest BCUT2D eigenvalue weighted by Gasteiger charge is 2.15. The zero-order valence-electron chi connectivity index (χ0n) is 16.7. The highest BCUT2D eigenvalue weighted by atomic mass is 32.2. The van der Waals surface area contributed by atoms with Gasteiger partial charge in [-0.05, 0) is 55.5 Å². The first-order valence-electron chi connectivity index (χ1n) is 8.98. The minimum Gasteiger partial charge on any atom is -0.375 e. The van der Waals surface area contributed by atoms with Crippen LogP contribution in [0.25, 0.3) is 0 Å². The van der Waals surface area contributed by atoms with Crippen molar-refractivity contribution in [3.8, 4) is 0 Å². The van der Waals surface area contributed by atoms with Crippen molar-refractivity contribution in [2.24, 2.45) is 0 Å². The summed E-state index contributed by atoms with van der Waals surface area (Å²) in [5.74, 6) is 0.558. The molecule has 1 unspecified atom stereocenters. The Labute approximate surface area is 174 Å². The Hall–Kier alpha value is -3.47. The summed E-state index contributed by atoms with van der Waals surface area (Å²) < 4.78 is 40.3. The molecule has 0 aliphatic heterocycles. The van der Waals surface area contributed by atoms with Gasteiger partial charge >= 0.3 is 0 Å². The van der Waals surface area contributed by atoms with Crippen LogP contribution in [-0.4, -0.2) is 37.5 Å². The molecule has 4 N–H and O–H groups in total. The fourth-order valence-electron chi connectivity index (χ4n) is 2.57. The van der Waals surface area contributed by atoms with E-state index in [4.69, 9.17) is 5.73 Å². The number of nitrogens with zero attached hydrogens (tertiary/aromatic N) is 4. The SMILES string of the molecule is CC(Nc1ccc(NS(=O)(=O)c2ccc(F)cc2)cc1)c1nc(N)nc(N(C)C)n1. The fraction of sp³-hybridized carbons (Fsp3) is 0.211. The molecule has 0 spiro atoms. The van der Waals surface area contributed by atoms with Gasteiger partial charge in [0, 0.05) is 25.5 Å². The first-order chi connectivity index (χ1) is 14.1. The maximum Gasteiger partial charge on any atom is 0.261 e. The van der Waals surface area contributed by atoms with Gasteiger partial charge in [0.05, 0.1) is 10.9 Å². The van der Waals surface area contributed by atoms with Crippen molar-refractivity contribution in [1.82, 2.24) is 15.0 Å². The van der Waals surface area contributed by atoms with Crippen LogP contribution in [0.4, 0.5) is 27.7 Å². The number of nitrogens with two attached hydrogens (primary N) is 1. The molecule has 3 aromatic rings. The smallest absolute Gasteiger partial charge is 0.261 e. The van der Waals surface area contributed by atoms with Gasteiger partial charge in [0.1, 0.15) is 5.82 Å². The van der Waals surface area contributed by atoms with Gasteiger partial charge in [-0.1, -0.05) is 0 Å². The molecule has 9 nitrogen and oxygen atoms in total. The summed E-state index contributed by atoms with van der Waals surface area (Å²) in [4.78, 5) is 14.3. The zero-order chi connectivity index (χ0) is 21.9. The summed E-state index contributed by atoms with van der Waals surface area (Å²) in [6.07, 6.45) is 0. The number of hydrogen-bond acceptors (Lipinski definition) is 8. The van der Waals surface area contributed by atoms with E-state index in [2.05, 4.69) is 25.0 Å². The molecule has 3 rings (SSSR count). The summed E-state index contributed by atoms with van der Waals surface area (Å²) in [6, 6.07) is 11.0. The van der Waals surface area contributed by atoms with Crippen LogP contribution in [0, 0.1) is 5.82 Å². The second-order valence-electron chi connectivity index (χ2n) is 6.75. The molecular weight excluding hydrogens is 409 g/mol. The number of hydrogen-bond donors (Lipinski definition) is 3. The van der Waals surface area contributed by atoms with E-state index in [0.29, 0.717) is 17.5 Å². The summed E-state index contributed by atoms with van der Waals surface area (Å²) in [5.41, 5.74) is 6.87. The van der Waals surface area contributed by atoms with E-state index in [-0.39, 0.29) is 16.9 Å². The van der Waals surface area contributed by atoms with Crippen molar-refractivity contribution < 1.29 is 12.8 Å². The standard InChI is InChI=1S/C19H22FN7O2S/c1-12(17-23-18(21)25-19(24-17)27(2)3)22-14-6-8-15(9-7-14)26-30(28,29)16-10-4-13(20)5-11-16/h4-12,22,26H,1-3H3,(H2,21,23,24,25). The first kappa shape index (κ1) is 21.2. The van der Waals surface area contributed by atoms with Crippen LogP contribution in [0.2, 0.25) is 0 Å². The molecule has 0 saturated carbocycles. The Bertz CT molecular complexity index is 1120. The average molecular weight is 431 g/mol. The van der Waals surface area contributed by atoms with E-state index in [1.54, 1.807) is 29.2 Å². The van der Waals surface area contributed by atoms with Crippen LogP contribution < -0.4 is 20.7 Å². The van der Waals surface area contributed by atoms with Crippen molar-refractivity contribution in [2.45, 2.75) is 17.9 Å². The molecule has 30 heavy (non-hydrogen) atoms. The van der Waals surface area contributed by atoms with Gasteiger partial charge in [-0.15, -0.1) is 0 Å². The molecule has 0 radical (unpaired) electrons. The lowest BCUT2D eigenvalue weighted by molar-refractivity contribution is 0.599. The van der Waals surface area contributed by atoms with E-state index in [9.17, 15) is 12.8 Å². The lowest BCUT2D eigenvalue weighted by atomic mass is 10.2. The fourth-order valence-corrected chi connectivity index (χ4v) is 3.63. The second-order valence-corrected chi connectivity index (χ2v) is 8.43. The number of rotatable bonds is 7. The van der Waals surface area contributed by atoms with Gasteiger partial charge in [0.25, 0.3) is 10.0 Å². The number of halogens is 1. The Balaban J connectivity index is 1.71. The van der Waals surface area contributed by atoms with Crippen LogP contribution in [0.5, 0.6) is 0 Å². The highest BCUT2D eigenvalue weighted by Crippen LogP contribution is 2.22. The quantitative estimate of drug-likeness (QED) is 0.521. The van der Waals surface area contributed by atoms with Crippen LogP contribution in [-0.2, 0) is 10.0 Å². The molecule has 1 atom stereocenters. The van der Waals surface area contributed by atoms with Crippen molar-refractivity contribution in [3.05, 3.63) is 60.2 Å². The zero-order valence-corrected chi connectivity index (χ0v) is 17.5. The summed E-state index contributed by atoms with van der Waals surface area (Å²) in [7, 11) is -0.193. The molecule has 0 aliphatic rings. The molecule has 158 valence electrons. The third-order valence-electron chi connectivity index (χ3n) is 4.09. The predicted octanol–water partition coefficient (Wildman–Crippen LogP) is 2.63. The summed E-state index contributed by atoms with van der Waals surface area (Å²) in [6.45, 7) is 1.87. The number of anilines is 4. The van der Waals surface area contributed by atoms with Gasteiger partial charge in [-0.3, -0.25) is 4.72 Å². The summed E-state index contributed by atoms with van der Waals surface area (Å²) >= 11 is 0. The molecule has 0 aliphatic carbocycles. The lowest BCUT2D eigenvalue weighted by Crippen LogP contribution is -2.19. The monoisotopic (exact) mass is 431 g/mol. The van der Waals surface area contributed by atoms with Crippen molar-refractivity contribution >= 4 is 33.3 Å². The van der Waals surface area contributed by atoms with Crippen LogP contribution >= 0.6 is 0 Å². The number of benzene rings is 2. The van der Waals surface area contributed by atoms with E-state index in [1.165, 1.54) is 12.1 Å². The van der Waals surface area contributed by atoms with Crippen LogP contribution in [0.3, 0.4) is 0 Å². The average Bonchev–Trinajstić information content (AvgIpc) is 2.69. The normalized spacial score (nSPS) is 12.3. The Kier molecular flexibility index (Phi) is 6.01. The molecule has 0 fully saturated rings. The third kappa shape index (κ3) is 5.11. The van der Waals surface area contributed by atoms with Crippen molar-refractivity contribution in [2.75, 3.05) is 34.8 Å². The van der Waals surface area contributed by atoms with Gasteiger partial charge < -0.3 is 16.0 Å². The van der Waals surface area contributed by atoms with E-state index in [0.717, 1.165) is 17.8 Å². The summed E-state index contributed by atoms with van der Waals surface area (Å²) in [5, 5.41) is 3.23. The minimum atomic E-state index is -3.81. The van der Waals surface area contributed by atoms with Gasteiger partial charge in [-0.2, -0.15) is 15.0 Å². The van der Waals surface area contributed by atoms with E-state index < -0.39 is 15.8 Å². The maximum atomic E-state index is 13.0. The van der Waals surface area contributed by atoms with Crippen LogP contribution in [0.1, 0.15) is 18.8 Å². The molecule has 11 heteroatoms. The Morgan fingerprint density at radius 3 is 2.17 bits per heavy atom. The van der Waals surface area contributed by atoms with Gasteiger partial charge in [0.2, 0.25) is 11.9 Å². The molecule has 1 heterocycles. The van der Waals surface area contributed by atoms with E-state index in [1.807, 2.05) is 21.0 Å². The molecular formula is C19H22FN7O2S. The molecule has 2 aromatic carbocycles. The highest BCUT2D eigenvalue weighted by molar-refractivity contribution is 7.92. The second kappa shape index (κ2) is 8.49. The maximum absolute atomic E-state index is 13.0. The van der Waals surface area contributed by atoms with Gasteiger partial charge in [0.15, 0.2) is 5.82 Å². The van der Waals surface area contributed by atoms with Crippen molar-refractivity contribution in [1.29, 1.82) is 0 Å². The molecule has 0 saturated heterocycles. The Morgan fingerprint density at radius 2 is 1.57 bits per heavy atom. The number of nitrogen functional groups attached to an aromatic ring is 1. The number of aromatic nitrogens is 3. The first-order valence-corrected chi connectivity index (χ1v) is 10.5. The topological polar surface area (TPSA) is 126 Å². The van der Waals surface area contributed by atoms with Crippen molar-refractivity contribution in [3.63, 3.8) is 0 Å². The minimum absolute atomic E-state index is 0.0242. The number of sulfonamides is 1. The third-order valence-corrected chi connectivity index (χ3v) is 5.49. The Morgan fingerprint density at radius 1 is 0.967 bits per heavy atom. The lowest BCUT2D eigenvalue weighted by Gasteiger charge is -2.17. The molecule has 0 amide bonds.